The average molecular weight is 237 g/mol. The van der Waals surface area contributed by atoms with Crippen LogP contribution in [-0.2, 0) is 0 Å². The van der Waals surface area contributed by atoms with Crippen LogP contribution in [-0.4, -0.2) is 11.5 Å². The molecular formula is C8H5BrN4. The SMILES string of the molecule is [N-]=[N+]=NCC#Cc1ccc(Br)cn1. The molecule has 1 heterocycles. The molecule has 5 heteroatoms. The standard InChI is InChI=1S/C8H5BrN4/c9-7-3-4-8(11-6-7)2-1-5-12-13-10/h3-4,6H,5H2. The van der Waals surface area contributed by atoms with E-state index in [0.29, 0.717) is 5.69 Å². The maximum Gasteiger partial charge on any atom is 0.113 e. The minimum absolute atomic E-state index is 0.175. The van der Waals surface area contributed by atoms with Crippen molar-refractivity contribution in [3.63, 3.8) is 0 Å². The van der Waals surface area contributed by atoms with Gasteiger partial charge >= 0.3 is 0 Å². The Kier molecular flexibility index (Phi) is 3.83. The largest absolute Gasteiger partial charge is 0.247 e. The van der Waals surface area contributed by atoms with Crippen LogP contribution in [0, 0.1) is 11.8 Å². The molecular weight excluding hydrogens is 232 g/mol. The highest BCUT2D eigenvalue weighted by atomic mass is 79.9. The lowest BCUT2D eigenvalue weighted by Crippen LogP contribution is -1.80. The van der Waals surface area contributed by atoms with Crippen molar-refractivity contribution in [1.82, 2.24) is 4.98 Å². The van der Waals surface area contributed by atoms with Crippen LogP contribution in [0.15, 0.2) is 27.9 Å². The van der Waals surface area contributed by atoms with E-state index in [4.69, 9.17) is 5.53 Å². The van der Waals surface area contributed by atoms with E-state index in [1.165, 1.54) is 0 Å². The zero-order valence-electron chi connectivity index (χ0n) is 6.61. The Hall–Kier alpha value is -1.50. The van der Waals surface area contributed by atoms with Gasteiger partial charge < -0.3 is 0 Å². The normalized spacial score (nSPS) is 8.08. The number of nitrogens with zero attached hydrogens (tertiary/aromatic N) is 4. The molecule has 1 aromatic rings. The summed E-state index contributed by atoms with van der Waals surface area (Å²) in [5, 5.41) is 3.27. The topological polar surface area (TPSA) is 61.7 Å². The van der Waals surface area contributed by atoms with Crippen LogP contribution in [0.25, 0.3) is 10.4 Å². The third-order valence-electron chi connectivity index (χ3n) is 1.16. The second kappa shape index (κ2) is 5.20. The predicted octanol–water partition coefficient (Wildman–Crippen LogP) is 2.51. The smallest absolute Gasteiger partial charge is 0.113 e. The van der Waals surface area contributed by atoms with Crippen molar-refractivity contribution in [3.05, 3.63) is 38.9 Å². The Morgan fingerprint density at radius 3 is 3.08 bits per heavy atom. The van der Waals surface area contributed by atoms with E-state index >= 15 is 0 Å². The van der Waals surface area contributed by atoms with Gasteiger partial charge in [0.2, 0.25) is 0 Å². The molecule has 0 aliphatic carbocycles. The monoisotopic (exact) mass is 236 g/mol. The fourth-order valence-corrected chi connectivity index (χ4v) is 0.881. The minimum atomic E-state index is 0.175. The summed E-state index contributed by atoms with van der Waals surface area (Å²) in [6.07, 6.45) is 1.66. The van der Waals surface area contributed by atoms with Crippen LogP contribution in [0.2, 0.25) is 0 Å². The van der Waals surface area contributed by atoms with Gasteiger partial charge in [0.15, 0.2) is 0 Å². The Morgan fingerprint density at radius 2 is 2.46 bits per heavy atom. The zero-order chi connectivity index (χ0) is 9.52. The predicted molar refractivity (Wildman–Crippen MR) is 52.8 cm³/mol. The third-order valence-corrected chi connectivity index (χ3v) is 1.63. The lowest BCUT2D eigenvalue weighted by molar-refractivity contribution is 1.24. The molecule has 0 atom stereocenters. The molecule has 0 unspecified atom stereocenters. The molecule has 0 radical (unpaired) electrons. The van der Waals surface area contributed by atoms with Crippen LogP contribution in [0.5, 0.6) is 0 Å². The van der Waals surface area contributed by atoms with Gasteiger partial charge in [0.05, 0.1) is 6.54 Å². The Morgan fingerprint density at radius 1 is 1.62 bits per heavy atom. The van der Waals surface area contributed by atoms with Crippen molar-refractivity contribution in [2.75, 3.05) is 6.54 Å². The minimum Gasteiger partial charge on any atom is -0.247 e. The molecule has 0 fully saturated rings. The van der Waals surface area contributed by atoms with Gasteiger partial charge in [0.1, 0.15) is 5.69 Å². The first kappa shape index (κ1) is 9.59. The van der Waals surface area contributed by atoms with E-state index in [0.717, 1.165) is 4.47 Å². The van der Waals surface area contributed by atoms with E-state index in [9.17, 15) is 0 Å². The lowest BCUT2D eigenvalue weighted by Gasteiger charge is -1.88. The average Bonchev–Trinajstić information content (AvgIpc) is 2.15. The highest BCUT2D eigenvalue weighted by molar-refractivity contribution is 9.10. The van der Waals surface area contributed by atoms with Crippen molar-refractivity contribution >= 4 is 15.9 Å². The highest BCUT2D eigenvalue weighted by Crippen LogP contribution is 2.06. The number of halogens is 1. The van der Waals surface area contributed by atoms with Crippen LogP contribution in [0.1, 0.15) is 5.69 Å². The van der Waals surface area contributed by atoms with E-state index in [1.807, 2.05) is 6.07 Å². The molecule has 0 aliphatic rings. The van der Waals surface area contributed by atoms with E-state index in [1.54, 1.807) is 12.3 Å². The van der Waals surface area contributed by atoms with Gasteiger partial charge in [-0.25, -0.2) is 4.98 Å². The fraction of sp³-hybridized carbons (Fsp3) is 0.125. The van der Waals surface area contributed by atoms with Gasteiger partial charge in [-0.05, 0) is 39.5 Å². The van der Waals surface area contributed by atoms with Crippen LogP contribution >= 0.6 is 15.9 Å². The van der Waals surface area contributed by atoms with Gasteiger partial charge in [-0.3, -0.25) is 0 Å². The van der Waals surface area contributed by atoms with Crippen LogP contribution in [0.3, 0.4) is 0 Å². The molecule has 0 aromatic carbocycles. The maximum atomic E-state index is 7.97. The number of hydrogen-bond donors (Lipinski definition) is 0. The summed E-state index contributed by atoms with van der Waals surface area (Å²) in [6, 6.07) is 3.64. The molecule has 0 bridgehead atoms. The summed E-state index contributed by atoms with van der Waals surface area (Å²) in [7, 11) is 0. The molecule has 0 amide bonds. The van der Waals surface area contributed by atoms with Gasteiger partial charge in [-0.15, -0.1) is 0 Å². The van der Waals surface area contributed by atoms with Gasteiger partial charge in [-0.1, -0.05) is 11.0 Å². The number of rotatable bonds is 1. The first-order chi connectivity index (χ1) is 6.33. The van der Waals surface area contributed by atoms with Crippen molar-refractivity contribution in [2.45, 2.75) is 0 Å². The van der Waals surface area contributed by atoms with Crippen molar-refractivity contribution in [3.8, 4) is 11.8 Å². The fourth-order valence-electron chi connectivity index (χ4n) is 0.647. The Bertz CT molecular complexity index is 381. The van der Waals surface area contributed by atoms with Crippen molar-refractivity contribution < 1.29 is 0 Å². The summed E-state index contributed by atoms with van der Waals surface area (Å²) < 4.78 is 0.910. The highest BCUT2D eigenvalue weighted by Gasteiger charge is 1.87. The summed E-state index contributed by atoms with van der Waals surface area (Å²) in [6.45, 7) is 0.175. The lowest BCUT2D eigenvalue weighted by atomic mass is 10.3. The molecule has 0 N–H and O–H groups in total. The van der Waals surface area contributed by atoms with E-state index in [-0.39, 0.29) is 6.54 Å². The third kappa shape index (κ3) is 3.61. The summed E-state index contributed by atoms with van der Waals surface area (Å²) >= 11 is 3.26. The molecule has 1 rings (SSSR count). The number of hydrogen-bond acceptors (Lipinski definition) is 2. The molecule has 64 valence electrons. The molecule has 4 nitrogen and oxygen atoms in total. The maximum absolute atomic E-state index is 7.97. The van der Waals surface area contributed by atoms with Gasteiger partial charge in [-0.2, -0.15) is 0 Å². The van der Waals surface area contributed by atoms with Crippen LogP contribution in [0.4, 0.5) is 0 Å². The second-order valence-electron chi connectivity index (χ2n) is 2.05. The molecule has 0 aliphatic heterocycles. The number of pyridine rings is 1. The quantitative estimate of drug-likeness (QED) is 0.320. The van der Waals surface area contributed by atoms with E-state index in [2.05, 4.69) is 42.8 Å². The van der Waals surface area contributed by atoms with Gasteiger partial charge in [0.25, 0.3) is 0 Å². The van der Waals surface area contributed by atoms with Crippen LogP contribution < -0.4 is 0 Å². The van der Waals surface area contributed by atoms with E-state index < -0.39 is 0 Å². The second-order valence-corrected chi connectivity index (χ2v) is 2.97. The summed E-state index contributed by atoms with van der Waals surface area (Å²) in [4.78, 5) is 6.60. The molecule has 1 aromatic heterocycles. The zero-order valence-corrected chi connectivity index (χ0v) is 8.19. The molecule has 0 spiro atoms. The number of azide groups is 1. The molecule has 0 saturated heterocycles. The molecule has 13 heavy (non-hydrogen) atoms. The van der Waals surface area contributed by atoms with Crippen molar-refractivity contribution in [2.24, 2.45) is 5.11 Å². The van der Waals surface area contributed by atoms with Gasteiger partial charge in [0, 0.05) is 15.6 Å². The molecule has 0 saturated carbocycles. The number of aromatic nitrogens is 1. The first-order valence-electron chi connectivity index (χ1n) is 3.44. The Labute approximate surface area is 83.7 Å². The first-order valence-corrected chi connectivity index (χ1v) is 4.23. The Balaban J connectivity index is 2.66. The summed E-state index contributed by atoms with van der Waals surface area (Å²) in [5.74, 6) is 5.43. The summed E-state index contributed by atoms with van der Waals surface area (Å²) in [5.41, 5.74) is 8.63. The van der Waals surface area contributed by atoms with Crippen molar-refractivity contribution in [1.29, 1.82) is 0 Å².